The van der Waals surface area contributed by atoms with E-state index in [1.54, 1.807) is 0 Å². The van der Waals surface area contributed by atoms with Crippen molar-refractivity contribution in [2.75, 3.05) is 0 Å². The Balaban J connectivity index is 1.28. The van der Waals surface area contributed by atoms with Gasteiger partial charge in [-0.15, -0.1) is 0 Å². The first kappa shape index (κ1) is 28.7. The summed E-state index contributed by atoms with van der Waals surface area (Å²) in [6.45, 7) is 4.22. The molecule has 9 aromatic rings. The molecule has 0 bridgehead atoms. The van der Waals surface area contributed by atoms with Crippen molar-refractivity contribution in [2.24, 2.45) is 0 Å². The molecule has 0 aliphatic heterocycles. The van der Waals surface area contributed by atoms with Crippen LogP contribution in [-0.4, -0.2) is 10.3 Å². The highest BCUT2D eigenvalue weighted by molar-refractivity contribution is 6.21. The van der Waals surface area contributed by atoms with Crippen LogP contribution in [0, 0.1) is 5.41 Å². The number of benzene rings is 8. The third kappa shape index (κ3) is 4.69. The van der Waals surface area contributed by atoms with Crippen molar-refractivity contribution in [1.29, 1.82) is 5.41 Å². The van der Waals surface area contributed by atoms with Crippen molar-refractivity contribution in [2.45, 2.75) is 0 Å². The lowest BCUT2D eigenvalue weighted by atomic mass is 9.88. The van der Waals surface area contributed by atoms with Crippen LogP contribution < -0.4 is 0 Å². The van der Waals surface area contributed by atoms with Crippen molar-refractivity contribution >= 4 is 55.0 Å². The minimum absolute atomic E-state index is 0.483. The lowest BCUT2D eigenvalue weighted by Gasteiger charge is -2.15. The van der Waals surface area contributed by atoms with Gasteiger partial charge in [-0.3, -0.25) is 5.41 Å². The fourth-order valence-electron chi connectivity index (χ4n) is 7.54. The zero-order chi connectivity index (χ0) is 32.9. The van der Waals surface area contributed by atoms with Gasteiger partial charge in [0.25, 0.3) is 0 Å². The van der Waals surface area contributed by atoms with E-state index in [2.05, 4.69) is 145 Å². The Hall–Kier alpha value is -6.51. The fraction of sp³-hybridized carbons (Fsp3) is 0. The van der Waals surface area contributed by atoms with Crippen LogP contribution in [0.5, 0.6) is 0 Å². The van der Waals surface area contributed by atoms with Gasteiger partial charge < -0.3 is 4.57 Å². The second-order valence-corrected chi connectivity index (χ2v) is 12.5. The molecule has 230 valence electrons. The van der Waals surface area contributed by atoms with Crippen LogP contribution in [0.3, 0.4) is 0 Å². The Kier molecular flexibility index (Phi) is 6.81. The van der Waals surface area contributed by atoms with Crippen LogP contribution >= 0.6 is 0 Å². The molecule has 1 heterocycles. The maximum atomic E-state index is 9.43. The second-order valence-electron chi connectivity index (χ2n) is 12.5. The summed E-state index contributed by atoms with van der Waals surface area (Å²) in [4.78, 5) is 0. The smallest absolute Gasteiger partial charge is 0.0712 e. The molecule has 1 N–H and O–H groups in total. The molecule has 0 aliphatic carbocycles. The Morgan fingerprint density at radius 2 is 1.14 bits per heavy atom. The van der Waals surface area contributed by atoms with Crippen molar-refractivity contribution < 1.29 is 0 Å². The predicted octanol–water partition coefficient (Wildman–Crippen LogP) is 12.5. The van der Waals surface area contributed by atoms with E-state index in [4.69, 9.17) is 0 Å². The van der Waals surface area contributed by atoms with E-state index in [1.165, 1.54) is 43.4 Å². The first-order valence-corrected chi connectivity index (χ1v) is 16.6. The Morgan fingerprint density at radius 1 is 0.510 bits per heavy atom. The zero-order valence-electron chi connectivity index (χ0n) is 26.9. The number of hydrogen-bond acceptors (Lipinski definition) is 1. The number of rotatable bonds is 6. The number of fused-ring (bicyclic) bond motifs is 4. The molecule has 0 unspecified atom stereocenters. The van der Waals surface area contributed by atoms with E-state index in [9.17, 15) is 5.41 Å². The highest BCUT2D eigenvalue weighted by Crippen LogP contribution is 2.42. The van der Waals surface area contributed by atoms with E-state index in [0.717, 1.165) is 44.5 Å². The molecule has 0 amide bonds. The van der Waals surface area contributed by atoms with Gasteiger partial charge in [0.1, 0.15) is 0 Å². The van der Waals surface area contributed by atoms with Gasteiger partial charge in [0.15, 0.2) is 0 Å². The number of nitrogens with zero attached hydrogens (tertiary/aromatic N) is 1. The molecule has 0 aliphatic rings. The average Bonchev–Trinajstić information content (AvgIpc) is 3.50. The van der Waals surface area contributed by atoms with Crippen LogP contribution in [0.1, 0.15) is 16.8 Å². The first-order valence-electron chi connectivity index (χ1n) is 16.6. The van der Waals surface area contributed by atoms with Crippen LogP contribution in [0.4, 0.5) is 0 Å². The molecule has 1 aromatic heterocycles. The minimum atomic E-state index is 0.483. The van der Waals surface area contributed by atoms with Gasteiger partial charge in [0, 0.05) is 22.2 Å². The summed E-state index contributed by atoms with van der Waals surface area (Å²) >= 11 is 0. The molecule has 0 fully saturated rings. The maximum Gasteiger partial charge on any atom is 0.0712 e. The fourth-order valence-corrected chi connectivity index (χ4v) is 7.54. The van der Waals surface area contributed by atoms with Gasteiger partial charge in [-0.05, 0) is 97.0 Å². The molecule has 2 heteroatoms. The monoisotopic (exact) mass is 624 g/mol. The first-order chi connectivity index (χ1) is 24.2. The maximum absolute atomic E-state index is 9.43. The quantitative estimate of drug-likeness (QED) is 0.141. The van der Waals surface area contributed by atoms with E-state index >= 15 is 0 Å². The summed E-state index contributed by atoms with van der Waals surface area (Å²) in [6.07, 6.45) is 1.88. The highest BCUT2D eigenvalue weighted by Gasteiger charge is 2.22. The molecular formula is C47H32N2. The van der Waals surface area contributed by atoms with E-state index in [-0.39, 0.29) is 0 Å². The average molecular weight is 625 g/mol. The van der Waals surface area contributed by atoms with Gasteiger partial charge in [-0.1, -0.05) is 140 Å². The molecule has 49 heavy (non-hydrogen) atoms. The Bertz CT molecular complexity index is 2730. The van der Waals surface area contributed by atoms with Gasteiger partial charge >= 0.3 is 0 Å². The molecule has 0 saturated carbocycles. The van der Waals surface area contributed by atoms with Gasteiger partial charge in [0.05, 0.1) is 16.9 Å². The third-order valence-electron chi connectivity index (χ3n) is 9.78. The second kappa shape index (κ2) is 11.6. The highest BCUT2D eigenvalue weighted by atomic mass is 15.0. The number of aromatic nitrogens is 1. The van der Waals surface area contributed by atoms with Crippen molar-refractivity contribution in [3.63, 3.8) is 0 Å². The number of nitrogens with one attached hydrogen (secondary N) is 1. The van der Waals surface area contributed by atoms with Gasteiger partial charge in [-0.2, -0.15) is 0 Å². The Labute approximate surface area is 285 Å². The molecule has 0 radical (unpaired) electrons. The van der Waals surface area contributed by atoms with Crippen molar-refractivity contribution in [3.8, 4) is 27.9 Å². The van der Waals surface area contributed by atoms with Crippen molar-refractivity contribution in [3.05, 3.63) is 193 Å². The molecule has 0 atom stereocenters. The lowest BCUT2D eigenvalue weighted by molar-refractivity contribution is 1.10. The van der Waals surface area contributed by atoms with E-state index in [0.29, 0.717) is 5.71 Å². The van der Waals surface area contributed by atoms with Crippen LogP contribution in [0.25, 0.3) is 77.2 Å². The molecule has 2 nitrogen and oxygen atoms in total. The minimum Gasteiger partial charge on any atom is -0.309 e. The van der Waals surface area contributed by atoms with Crippen LogP contribution in [0.2, 0.25) is 0 Å². The lowest BCUT2D eigenvalue weighted by Crippen LogP contribution is -2.04. The van der Waals surface area contributed by atoms with E-state index < -0.39 is 0 Å². The van der Waals surface area contributed by atoms with Crippen LogP contribution in [0.15, 0.2) is 176 Å². The Morgan fingerprint density at radius 3 is 1.94 bits per heavy atom. The summed E-state index contributed by atoms with van der Waals surface area (Å²) in [5.74, 6) is 0. The standard InChI is InChI=1S/C47H32N2/c1-2-43-46(47(48)32-15-5-3-6-16-32)42-30-34(25-27-44(42)49(43)37-19-7-4-8-20-37)33-24-26-40-36(28-33)29-35-17-10-12-22-39(35)45(40)41-23-13-18-31-14-9-11-21-38(31)41/h2-30,48H,1H2. The predicted molar refractivity (Wildman–Crippen MR) is 209 cm³/mol. The molecule has 0 saturated heterocycles. The molecule has 8 aromatic carbocycles. The normalized spacial score (nSPS) is 11.4. The van der Waals surface area contributed by atoms with Crippen molar-refractivity contribution in [1.82, 2.24) is 4.57 Å². The summed E-state index contributed by atoms with van der Waals surface area (Å²) in [7, 11) is 0. The van der Waals surface area contributed by atoms with Crippen LogP contribution in [-0.2, 0) is 0 Å². The van der Waals surface area contributed by atoms with Gasteiger partial charge in [0.2, 0.25) is 0 Å². The zero-order valence-corrected chi connectivity index (χ0v) is 26.9. The largest absolute Gasteiger partial charge is 0.309 e. The van der Waals surface area contributed by atoms with Gasteiger partial charge in [-0.25, -0.2) is 0 Å². The number of para-hydroxylation sites is 1. The summed E-state index contributed by atoms with van der Waals surface area (Å²) in [6, 6.07) is 60.1. The number of hydrogen-bond donors (Lipinski definition) is 1. The summed E-state index contributed by atoms with van der Waals surface area (Å²) < 4.78 is 2.22. The summed E-state index contributed by atoms with van der Waals surface area (Å²) in [5.41, 5.74) is 10.0. The van der Waals surface area contributed by atoms with E-state index in [1.807, 2.05) is 42.5 Å². The molecule has 9 rings (SSSR count). The molecule has 0 spiro atoms. The SMILES string of the molecule is C=Cc1c(C(=N)c2ccccc2)c2cc(-c3ccc4c(-c5cccc6ccccc56)c5ccccc5cc4c3)ccc2n1-c1ccccc1. The summed E-state index contributed by atoms with van der Waals surface area (Å²) in [5, 5.41) is 17.9. The molecular weight excluding hydrogens is 593 g/mol. The third-order valence-corrected chi connectivity index (χ3v) is 9.78. The topological polar surface area (TPSA) is 28.8 Å².